The lowest BCUT2D eigenvalue weighted by Gasteiger charge is -2.45. The van der Waals surface area contributed by atoms with Crippen LogP contribution in [0.4, 0.5) is 0 Å². The van der Waals surface area contributed by atoms with E-state index in [0.717, 1.165) is 5.56 Å². The first-order valence-electron chi connectivity index (χ1n) is 9.15. The summed E-state index contributed by atoms with van der Waals surface area (Å²) in [5.41, 5.74) is 1.90. The van der Waals surface area contributed by atoms with Gasteiger partial charge in [-0.3, -0.25) is 4.79 Å². The van der Waals surface area contributed by atoms with E-state index in [9.17, 15) is 4.79 Å². The van der Waals surface area contributed by atoms with Crippen LogP contribution in [0, 0.1) is 6.92 Å². The van der Waals surface area contributed by atoms with Crippen molar-refractivity contribution in [3.05, 3.63) is 59.7 Å². The molecule has 2 aromatic carbocycles. The third-order valence-corrected chi connectivity index (χ3v) is 4.89. The number of morpholine rings is 1. The minimum atomic E-state index is -0.386. The number of para-hydroxylation sites is 2. The number of carbonyl (C=O) groups is 1. The van der Waals surface area contributed by atoms with Gasteiger partial charge in [-0.25, -0.2) is 0 Å². The second-order valence-electron chi connectivity index (χ2n) is 7.47. The van der Waals surface area contributed by atoms with Gasteiger partial charge in [-0.15, -0.1) is 0 Å². The number of hydrogen-bond donors (Lipinski definition) is 0. The lowest BCUT2D eigenvalue weighted by Crippen LogP contribution is -2.57. The Kier molecular flexibility index (Phi) is 5.71. The van der Waals surface area contributed by atoms with Crippen LogP contribution in [-0.4, -0.2) is 43.2 Å². The van der Waals surface area contributed by atoms with E-state index < -0.39 is 0 Å². The Morgan fingerprint density at radius 1 is 1.15 bits per heavy atom. The van der Waals surface area contributed by atoms with E-state index >= 15 is 0 Å². The van der Waals surface area contributed by atoms with Crippen LogP contribution in [0.3, 0.4) is 0 Å². The molecule has 1 saturated heterocycles. The Labute approximate surface area is 160 Å². The molecule has 0 bridgehead atoms. The Morgan fingerprint density at radius 2 is 1.81 bits per heavy atom. The van der Waals surface area contributed by atoms with Crippen molar-refractivity contribution < 1.29 is 19.0 Å². The Hall–Kier alpha value is -2.53. The number of methoxy groups -OCH3 is 1. The summed E-state index contributed by atoms with van der Waals surface area (Å²) < 4.78 is 17.1. The number of nitrogens with zero attached hydrogens (tertiary/aromatic N) is 1. The number of carbonyl (C=O) groups excluding carboxylic acids is 1. The molecule has 27 heavy (non-hydrogen) atoms. The van der Waals surface area contributed by atoms with Crippen molar-refractivity contribution >= 4 is 5.91 Å². The topological polar surface area (TPSA) is 48.0 Å². The highest BCUT2D eigenvalue weighted by Gasteiger charge is 2.38. The van der Waals surface area contributed by atoms with E-state index in [1.807, 2.05) is 36.9 Å². The number of amides is 1. The maximum atomic E-state index is 12.9. The van der Waals surface area contributed by atoms with Crippen molar-refractivity contribution in [1.82, 2.24) is 4.90 Å². The molecular weight excluding hydrogens is 342 g/mol. The summed E-state index contributed by atoms with van der Waals surface area (Å²) in [7, 11) is 1.58. The predicted octanol–water partition coefficient (Wildman–Crippen LogP) is 3.76. The minimum absolute atomic E-state index is 0.0373. The molecule has 0 N–H and O–H groups in total. The quantitative estimate of drug-likeness (QED) is 0.805. The van der Waals surface area contributed by atoms with Gasteiger partial charge in [0.25, 0.3) is 5.91 Å². The fourth-order valence-electron chi connectivity index (χ4n) is 3.23. The molecule has 1 aliphatic heterocycles. The molecule has 2 aromatic rings. The van der Waals surface area contributed by atoms with E-state index in [4.69, 9.17) is 14.2 Å². The molecule has 1 atom stereocenters. The average Bonchev–Trinajstić information content (AvgIpc) is 2.67. The average molecular weight is 369 g/mol. The summed E-state index contributed by atoms with van der Waals surface area (Å²) in [6.45, 7) is 7.03. The molecular formula is C22H27NO4. The van der Waals surface area contributed by atoms with E-state index in [-0.39, 0.29) is 24.2 Å². The van der Waals surface area contributed by atoms with Gasteiger partial charge in [-0.2, -0.15) is 0 Å². The summed E-state index contributed by atoms with van der Waals surface area (Å²) >= 11 is 0. The van der Waals surface area contributed by atoms with Gasteiger partial charge in [-0.1, -0.05) is 42.0 Å². The van der Waals surface area contributed by atoms with E-state index in [2.05, 4.69) is 31.2 Å². The molecule has 0 saturated carbocycles. The van der Waals surface area contributed by atoms with Crippen LogP contribution in [0.5, 0.6) is 11.5 Å². The molecule has 0 radical (unpaired) electrons. The number of ether oxygens (including phenoxy) is 3. The zero-order valence-electron chi connectivity index (χ0n) is 16.4. The van der Waals surface area contributed by atoms with Crippen LogP contribution in [0.2, 0.25) is 0 Å². The summed E-state index contributed by atoms with van der Waals surface area (Å²) in [6.07, 6.45) is -0.131. The highest BCUT2D eigenvalue weighted by molar-refractivity contribution is 5.79. The Bertz CT molecular complexity index is 785. The summed E-state index contributed by atoms with van der Waals surface area (Å²) in [4.78, 5) is 14.8. The second kappa shape index (κ2) is 8.01. The van der Waals surface area contributed by atoms with Crippen molar-refractivity contribution in [2.45, 2.75) is 32.4 Å². The largest absolute Gasteiger partial charge is 0.493 e. The van der Waals surface area contributed by atoms with Crippen LogP contribution in [0.15, 0.2) is 48.5 Å². The van der Waals surface area contributed by atoms with Gasteiger partial charge in [0.15, 0.2) is 18.1 Å². The lowest BCUT2D eigenvalue weighted by molar-refractivity contribution is -0.156. The van der Waals surface area contributed by atoms with Crippen molar-refractivity contribution in [3.8, 4) is 11.5 Å². The molecule has 144 valence electrons. The number of aryl methyl sites for hydroxylation is 1. The zero-order chi connectivity index (χ0) is 19.4. The molecule has 5 heteroatoms. The SMILES string of the molecule is COc1ccccc1OCC(=O)N1CC(c2ccc(C)cc2)OCC1(C)C. The second-order valence-corrected chi connectivity index (χ2v) is 7.47. The third kappa shape index (κ3) is 4.42. The van der Waals surface area contributed by atoms with Crippen LogP contribution in [0.25, 0.3) is 0 Å². The van der Waals surface area contributed by atoms with Crippen LogP contribution in [-0.2, 0) is 9.53 Å². The summed E-state index contributed by atoms with van der Waals surface area (Å²) in [6, 6.07) is 15.6. The molecule has 1 unspecified atom stereocenters. The van der Waals surface area contributed by atoms with Gasteiger partial charge in [0.05, 0.1) is 25.8 Å². The number of rotatable bonds is 5. The van der Waals surface area contributed by atoms with Gasteiger partial charge < -0.3 is 19.1 Å². The molecule has 0 aliphatic carbocycles. The molecule has 1 fully saturated rings. The first-order valence-corrected chi connectivity index (χ1v) is 9.15. The smallest absolute Gasteiger partial charge is 0.261 e. The molecule has 1 aliphatic rings. The zero-order valence-corrected chi connectivity index (χ0v) is 16.4. The fourth-order valence-corrected chi connectivity index (χ4v) is 3.23. The first-order chi connectivity index (χ1) is 12.9. The molecule has 0 aromatic heterocycles. The van der Waals surface area contributed by atoms with E-state index in [1.165, 1.54) is 5.56 Å². The third-order valence-electron chi connectivity index (χ3n) is 4.89. The van der Waals surface area contributed by atoms with Gasteiger partial charge in [0, 0.05) is 0 Å². The van der Waals surface area contributed by atoms with Gasteiger partial charge in [0.2, 0.25) is 0 Å². The van der Waals surface area contributed by atoms with Crippen LogP contribution >= 0.6 is 0 Å². The van der Waals surface area contributed by atoms with Crippen molar-refractivity contribution in [3.63, 3.8) is 0 Å². The molecule has 1 heterocycles. The molecule has 1 amide bonds. The molecule has 0 spiro atoms. The summed E-state index contributed by atoms with van der Waals surface area (Å²) in [5.74, 6) is 1.12. The minimum Gasteiger partial charge on any atom is -0.493 e. The number of benzene rings is 2. The lowest BCUT2D eigenvalue weighted by atomic mass is 9.97. The van der Waals surface area contributed by atoms with Gasteiger partial charge in [-0.05, 0) is 38.5 Å². The van der Waals surface area contributed by atoms with Crippen molar-refractivity contribution in [1.29, 1.82) is 0 Å². The maximum Gasteiger partial charge on any atom is 0.261 e. The monoisotopic (exact) mass is 369 g/mol. The number of hydrogen-bond acceptors (Lipinski definition) is 4. The Morgan fingerprint density at radius 3 is 2.48 bits per heavy atom. The Balaban J connectivity index is 1.70. The first kappa shape index (κ1) is 19.2. The molecule has 3 rings (SSSR count). The predicted molar refractivity (Wildman–Crippen MR) is 104 cm³/mol. The van der Waals surface area contributed by atoms with Gasteiger partial charge >= 0.3 is 0 Å². The normalized spacial score (nSPS) is 18.8. The van der Waals surface area contributed by atoms with Crippen LogP contribution in [0.1, 0.15) is 31.1 Å². The highest BCUT2D eigenvalue weighted by atomic mass is 16.5. The summed E-state index contributed by atoms with van der Waals surface area (Å²) in [5, 5.41) is 0. The molecule has 5 nitrogen and oxygen atoms in total. The fraction of sp³-hybridized carbons (Fsp3) is 0.409. The van der Waals surface area contributed by atoms with E-state index in [0.29, 0.717) is 24.7 Å². The van der Waals surface area contributed by atoms with E-state index in [1.54, 1.807) is 13.2 Å². The van der Waals surface area contributed by atoms with Gasteiger partial charge in [0.1, 0.15) is 6.10 Å². The standard InChI is InChI=1S/C22H27NO4/c1-16-9-11-17(12-10-16)20-13-23(22(2,3)15-27-20)21(24)14-26-19-8-6-5-7-18(19)25-4/h5-12,20H,13-15H2,1-4H3. The van der Waals surface area contributed by atoms with Crippen molar-refractivity contribution in [2.75, 3.05) is 26.9 Å². The highest BCUT2D eigenvalue weighted by Crippen LogP contribution is 2.31. The van der Waals surface area contributed by atoms with Crippen molar-refractivity contribution in [2.24, 2.45) is 0 Å². The maximum absolute atomic E-state index is 12.9. The van der Waals surface area contributed by atoms with Crippen LogP contribution < -0.4 is 9.47 Å².